The van der Waals surface area contributed by atoms with Gasteiger partial charge in [-0.1, -0.05) is 30.3 Å². The third-order valence-corrected chi connectivity index (χ3v) is 5.00. The number of carbonyl (C=O) groups excluding carboxylic acids is 1. The number of carbonyl (C=O) groups is 1. The van der Waals surface area contributed by atoms with Gasteiger partial charge in [-0.05, 0) is 38.5 Å². The number of nitrogens with zero attached hydrogens (tertiary/aromatic N) is 3. The minimum atomic E-state index is 0.246. The Morgan fingerprint density at radius 1 is 1.00 bits per heavy atom. The highest BCUT2D eigenvalue weighted by atomic mass is 16.2. The summed E-state index contributed by atoms with van der Waals surface area (Å²) in [5.74, 6) is 0.642. The Hall–Kier alpha value is -1.39. The summed E-state index contributed by atoms with van der Waals surface area (Å²) >= 11 is 0. The van der Waals surface area contributed by atoms with Gasteiger partial charge in [-0.15, -0.1) is 0 Å². The smallest absolute Gasteiger partial charge is 0.225 e. The summed E-state index contributed by atoms with van der Waals surface area (Å²) in [6.07, 6.45) is 2.02. The number of piperidine rings is 1. The van der Waals surface area contributed by atoms with E-state index in [4.69, 9.17) is 0 Å². The van der Waals surface area contributed by atoms with Gasteiger partial charge in [0.15, 0.2) is 0 Å². The summed E-state index contributed by atoms with van der Waals surface area (Å²) < 4.78 is 0. The molecular formula is C18H27N3O. The summed E-state index contributed by atoms with van der Waals surface area (Å²) in [6.45, 7) is 6.92. The van der Waals surface area contributed by atoms with E-state index in [9.17, 15) is 4.79 Å². The topological polar surface area (TPSA) is 26.8 Å². The molecular weight excluding hydrogens is 274 g/mol. The van der Waals surface area contributed by atoms with Crippen LogP contribution in [0.5, 0.6) is 0 Å². The molecule has 2 fully saturated rings. The molecule has 0 spiro atoms. The van der Waals surface area contributed by atoms with Gasteiger partial charge in [0.1, 0.15) is 0 Å². The second kappa shape index (κ2) is 7.25. The fourth-order valence-electron chi connectivity index (χ4n) is 3.46. The molecule has 0 radical (unpaired) electrons. The molecule has 0 unspecified atom stereocenters. The van der Waals surface area contributed by atoms with E-state index in [0.29, 0.717) is 5.91 Å². The van der Waals surface area contributed by atoms with Crippen molar-refractivity contribution in [1.82, 2.24) is 14.7 Å². The highest BCUT2D eigenvalue weighted by Gasteiger charge is 2.29. The Labute approximate surface area is 133 Å². The van der Waals surface area contributed by atoms with Crippen molar-refractivity contribution in [3.05, 3.63) is 35.9 Å². The second-order valence-corrected chi connectivity index (χ2v) is 6.66. The Kier molecular flexibility index (Phi) is 5.11. The molecule has 0 aliphatic carbocycles. The van der Waals surface area contributed by atoms with Crippen LogP contribution in [0.15, 0.2) is 30.3 Å². The number of hydrogen-bond donors (Lipinski definition) is 0. The Morgan fingerprint density at radius 2 is 1.64 bits per heavy atom. The Morgan fingerprint density at radius 3 is 2.27 bits per heavy atom. The van der Waals surface area contributed by atoms with Gasteiger partial charge in [-0.25, -0.2) is 0 Å². The van der Waals surface area contributed by atoms with Crippen LogP contribution in [0.2, 0.25) is 0 Å². The number of benzene rings is 1. The molecule has 0 bridgehead atoms. The Bertz CT molecular complexity index is 474. The lowest BCUT2D eigenvalue weighted by Gasteiger charge is -2.37. The van der Waals surface area contributed by atoms with Crippen LogP contribution >= 0.6 is 0 Å². The lowest BCUT2D eigenvalue weighted by molar-refractivity contribution is -0.138. The van der Waals surface area contributed by atoms with Gasteiger partial charge in [0.2, 0.25) is 5.91 Å². The molecule has 0 atom stereocenters. The molecule has 2 heterocycles. The molecule has 120 valence electrons. The maximum absolute atomic E-state index is 12.6. The lowest BCUT2D eigenvalue weighted by atomic mass is 9.94. The lowest BCUT2D eigenvalue weighted by Crippen LogP contribution is -2.50. The van der Waals surface area contributed by atoms with Gasteiger partial charge < -0.3 is 9.80 Å². The highest BCUT2D eigenvalue weighted by Crippen LogP contribution is 2.21. The van der Waals surface area contributed by atoms with Gasteiger partial charge in [0.25, 0.3) is 0 Å². The van der Waals surface area contributed by atoms with Crippen LogP contribution in [-0.2, 0) is 11.3 Å². The molecule has 3 rings (SSSR count). The quantitative estimate of drug-likeness (QED) is 0.850. The number of likely N-dealkylation sites (tertiary alicyclic amines) is 1. The van der Waals surface area contributed by atoms with Crippen LogP contribution in [0.4, 0.5) is 0 Å². The summed E-state index contributed by atoms with van der Waals surface area (Å²) in [4.78, 5) is 19.5. The molecule has 1 aromatic rings. The number of hydrogen-bond acceptors (Lipinski definition) is 3. The average molecular weight is 301 g/mol. The first-order valence-electron chi connectivity index (χ1n) is 8.46. The fourth-order valence-corrected chi connectivity index (χ4v) is 3.46. The molecule has 0 aromatic heterocycles. The van der Waals surface area contributed by atoms with Crippen LogP contribution < -0.4 is 0 Å². The predicted octanol–water partition coefficient (Wildman–Crippen LogP) is 1.67. The molecule has 4 heteroatoms. The maximum atomic E-state index is 12.6. The van der Waals surface area contributed by atoms with Gasteiger partial charge in [-0.3, -0.25) is 9.69 Å². The molecule has 0 saturated carbocycles. The molecule has 2 aliphatic heterocycles. The van der Waals surface area contributed by atoms with Crippen molar-refractivity contribution in [3.8, 4) is 0 Å². The molecule has 1 amide bonds. The summed E-state index contributed by atoms with van der Waals surface area (Å²) in [7, 11) is 2.13. The zero-order valence-electron chi connectivity index (χ0n) is 13.6. The number of amides is 1. The highest BCUT2D eigenvalue weighted by molar-refractivity contribution is 5.79. The monoisotopic (exact) mass is 301 g/mol. The molecule has 2 aliphatic rings. The van der Waals surface area contributed by atoms with E-state index in [1.54, 1.807) is 0 Å². The first-order valence-corrected chi connectivity index (χ1v) is 8.46. The number of likely N-dealkylation sites (N-methyl/N-ethyl adjacent to an activating group) is 1. The molecule has 22 heavy (non-hydrogen) atoms. The van der Waals surface area contributed by atoms with E-state index >= 15 is 0 Å². The van der Waals surface area contributed by atoms with Gasteiger partial charge in [-0.2, -0.15) is 0 Å². The fraction of sp³-hybridized carbons (Fsp3) is 0.611. The van der Waals surface area contributed by atoms with Crippen LogP contribution in [0.25, 0.3) is 0 Å². The van der Waals surface area contributed by atoms with Crippen LogP contribution in [0.3, 0.4) is 0 Å². The van der Waals surface area contributed by atoms with Crippen molar-refractivity contribution in [2.45, 2.75) is 19.4 Å². The molecule has 1 aromatic carbocycles. The molecule has 0 N–H and O–H groups in total. The van der Waals surface area contributed by atoms with E-state index in [2.05, 4.69) is 52.1 Å². The van der Waals surface area contributed by atoms with Crippen molar-refractivity contribution in [3.63, 3.8) is 0 Å². The maximum Gasteiger partial charge on any atom is 0.225 e. The van der Waals surface area contributed by atoms with Crippen molar-refractivity contribution >= 4 is 5.91 Å². The zero-order chi connectivity index (χ0) is 15.4. The van der Waals surface area contributed by atoms with E-state index in [1.165, 1.54) is 5.56 Å². The Balaban J connectivity index is 1.46. The summed E-state index contributed by atoms with van der Waals surface area (Å²) in [6, 6.07) is 10.6. The molecule has 2 saturated heterocycles. The van der Waals surface area contributed by atoms with E-state index in [1.807, 2.05) is 0 Å². The standard InChI is InChI=1S/C18H27N3O/c1-19-11-13-21(14-12-19)18(22)17-7-9-20(10-8-17)15-16-5-3-2-4-6-16/h2-6,17H,7-15H2,1H3. The minimum Gasteiger partial charge on any atom is -0.340 e. The van der Waals surface area contributed by atoms with Crippen molar-refractivity contribution in [2.75, 3.05) is 46.3 Å². The van der Waals surface area contributed by atoms with Crippen molar-refractivity contribution in [2.24, 2.45) is 5.92 Å². The summed E-state index contributed by atoms with van der Waals surface area (Å²) in [5.41, 5.74) is 1.37. The van der Waals surface area contributed by atoms with Crippen LogP contribution in [0.1, 0.15) is 18.4 Å². The SMILES string of the molecule is CN1CCN(C(=O)C2CCN(Cc3ccccc3)CC2)CC1. The van der Waals surface area contributed by atoms with Crippen molar-refractivity contribution in [1.29, 1.82) is 0 Å². The van der Waals surface area contributed by atoms with Gasteiger partial charge in [0.05, 0.1) is 0 Å². The van der Waals surface area contributed by atoms with Crippen molar-refractivity contribution < 1.29 is 4.79 Å². The minimum absolute atomic E-state index is 0.246. The van der Waals surface area contributed by atoms with E-state index < -0.39 is 0 Å². The third kappa shape index (κ3) is 3.87. The van der Waals surface area contributed by atoms with Gasteiger partial charge >= 0.3 is 0 Å². The van der Waals surface area contributed by atoms with Crippen LogP contribution in [-0.4, -0.2) is 66.9 Å². The molecule has 4 nitrogen and oxygen atoms in total. The summed E-state index contributed by atoms with van der Waals surface area (Å²) in [5, 5.41) is 0. The normalized spacial score (nSPS) is 22.0. The average Bonchev–Trinajstić information content (AvgIpc) is 2.57. The van der Waals surface area contributed by atoms with Crippen LogP contribution in [0, 0.1) is 5.92 Å². The predicted molar refractivity (Wildman–Crippen MR) is 88.5 cm³/mol. The van der Waals surface area contributed by atoms with E-state index in [0.717, 1.165) is 58.7 Å². The third-order valence-electron chi connectivity index (χ3n) is 5.00. The second-order valence-electron chi connectivity index (χ2n) is 6.66. The number of piperazine rings is 1. The van der Waals surface area contributed by atoms with Gasteiger partial charge in [0, 0.05) is 38.6 Å². The first-order chi connectivity index (χ1) is 10.7. The largest absolute Gasteiger partial charge is 0.340 e. The number of rotatable bonds is 3. The first kappa shape index (κ1) is 15.5. The zero-order valence-corrected chi connectivity index (χ0v) is 13.6. The van der Waals surface area contributed by atoms with E-state index in [-0.39, 0.29) is 5.92 Å².